The maximum Gasteiger partial charge on any atom is 0.263 e. The Morgan fingerprint density at radius 2 is 1.72 bits per heavy atom. The van der Waals surface area contributed by atoms with Gasteiger partial charge in [-0.3, -0.25) is 9.89 Å². The van der Waals surface area contributed by atoms with E-state index in [4.69, 9.17) is 14.2 Å². The highest BCUT2D eigenvalue weighted by atomic mass is 16.5. The van der Waals surface area contributed by atoms with Crippen molar-refractivity contribution in [3.05, 3.63) is 53.2 Å². The lowest BCUT2D eigenvalue weighted by Gasteiger charge is -2.12. The molecule has 0 aliphatic rings. The van der Waals surface area contributed by atoms with E-state index >= 15 is 0 Å². The number of methoxy groups -OCH3 is 2. The van der Waals surface area contributed by atoms with Crippen LogP contribution < -0.4 is 19.5 Å². The maximum atomic E-state index is 12.4. The summed E-state index contributed by atoms with van der Waals surface area (Å²) in [4.78, 5) is 12.4. The number of amides is 1. The molecule has 0 aliphatic heterocycles. The summed E-state index contributed by atoms with van der Waals surface area (Å²) in [5.74, 6) is 2.05. The Labute approximate surface area is 170 Å². The van der Waals surface area contributed by atoms with E-state index in [9.17, 15) is 4.79 Å². The van der Waals surface area contributed by atoms with Gasteiger partial charge < -0.3 is 19.5 Å². The van der Waals surface area contributed by atoms with Gasteiger partial charge in [-0.1, -0.05) is 23.8 Å². The molecule has 3 aromatic rings. The molecule has 0 saturated carbocycles. The zero-order valence-electron chi connectivity index (χ0n) is 17.3. The van der Waals surface area contributed by atoms with Crippen LogP contribution in [0, 0.1) is 20.8 Å². The zero-order valence-corrected chi connectivity index (χ0v) is 17.3. The third kappa shape index (κ3) is 4.51. The van der Waals surface area contributed by atoms with Crippen molar-refractivity contribution >= 4 is 11.7 Å². The molecule has 0 bridgehead atoms. The minimum Gasteiger partial charge on any atom is -0.493 e. The van der Waals surface area contributed by atoms with Crippen molar-refractivity contribution in [1.29, 1.82) is 0 Å². The topological polar surface area (TPSA) is 85.5 Å². The van der Waals surface area contributed by atoms with E-state index in [1.807, 2.05) is 57.2 Å². The van der Waals surface area contributed by atoms with Gasteiger partial charge in [-0.05, 0) is 50.1 Å². The number of aryl methyl sites for hydroxylation is 3. The number of hydrogen-bond acceptors (Lipinski definition) is 5. The Bertz CT molecular complexity index is 1030. The van der Waals surface area contributed by atoms with Crippen LogP contribution in [0.2, 0.25) is 0 Å². The lowest BCUT2D eigenvalue weighted by Crippen LogP contribution is -2.21. The molecule has 1 heterocycles. The number of aromatic amines is 1. The molecule has 7 heteroatoms. The number of H-pyrrole nitrogens is 1. The molecule has 0 radical (unpaired) electrons. The van der Waals surface area contributed by atoms with E-state index in [0.29, 0.717) is 23.1 Å². The van der Waals surface area contributed by atoms with Crippen molar-refractivity contribution in [2.45, 2.75) is 20.8 Å². The van der Waals surface area contributed by atoms with Crippen LogP contribution in [0.15, 0.2) is 36.4 Å². The third-order valence-electron chi connectivity index (χ3n) is 4.57. The van der Waals surface area contributed by atoms with Crippen molar-refractivity contribution in [3.8, 4) is 28.4 Å². The Balaban J connectivity index is 1.76. The average Bonchev–Trinajstić information content (AvgIpc) is 3.06. The standard InChI is InChI=1S/C22H25N3O4/c1-13-6-8-17(14(2)10-13)29-12-20(26)23-22-21(15(3)24-25-22)16-7-9-18(27-4)19(11-16)28-5/h6-11H,12H2,1-5H3,(H2,23,24,25,26). The highest BCUT2D eigenvalue weighted by Crippen LogP contribution is 2.36. The molecule has 1 aromatic heterocycles. The predicted molar refractivity (Wildman–Crippen MR) is 112 cm³/mol. The van der Waals surface area contributed by atoms with E-state index in [2.05, 4.69) is 15.5 Å². The van der Waals surface area contributed by atoms with Crippen LogP contribution >= 0.6 is 0 Å². The number of nitrogens with zero attached hydrogens (tertiary/aromatic N) is 1. The smallest absolute Gasteiger partial charge is 0.263 e. The van der Waals surface area contributed by atoms with E-state index < -0.39 is 0 Å². The van der Waals surface area contributed by atoms with Crippen LogP contribution in [0.25, 0.3) is 11.1 Å². The molecule has 0 aliphatic carbocycles. The number of carbonyl (C=O) groups is 1. The summed E-state index contributed by atoms with van der Waals surface area (Å²) in [5.41, 5.74) is 4.58. The van der Waals surface area contributed by atoms with Gasteiger partial charge in [-0.15, -0.1) is 0 Å². The molecule has 2 N–H and O–H groups in total. The first-order chi connectivity index (χ1) is 13.9. The first-order valence-corrected chi connectivity index (χ1v) is 9.20. The number of rotatable bonds is 7. The number of nitrogens with one attached hydrogen (secondary N) is 2. The fraction of sp³-hybridized carbons (Fsp3) is 0.273. The van der Waals surface area contributed by atoms with E-state index in [-0.39, 0.29) is 12.5 Å². The second-order valence-corrected chi connectivity index (χ2v) is 6.75. The van der Waals surface area contributed by atoms with Gasteiger partial charge in [0, 0.05) is 11.3 Å². The van der Waals surface area contributed by atoms with Crippen molar-refractivity contribution < 1.29 is 19.0 Å². The number of benzene rings is 2. The van der Waals surface area contributed by atoms with Crippen molar-refractivity contribution in [3.63, 3.8) is 0 Å². The highest BCUT2D eigenvalue weighted by molar-refractivity contribution is 5.95. The van der Waals surface area contributed by atoms with Crippen LogP contribution in [0.1, 0.15) is 16.8 Å². The molecule has 0 saturated heterocycles. The normalized spacial score (nSPS) is 10.5. The molecule has 2 aromatic carbocycles. The first kappa shape index (κ1) is 20.3. The molecule has 7 nitrogen and oxygen atoms in total. The van der Waals surface area contributed by atoms with Crippen LogP contribution in [-0.4, -0.2) is 36.9 Å². The SMILES string of the molecule is COc1ccc(-c2c(NC(=O)COc3ccc(C)cc3C)n[nH]c2C)cc1OC. The molecular weight excluding hydrogens is 370 g/mol. The summed E-state index contributed by atoms with van der Waals surface area (Å²) in [6, 6.07) is 11.4. The molecule has 0 spiro atoms. The van der Waals surface area contributed by atoms with E-state index in [0.717, 1.165) is 27.9 Å². The van der Waals surface area contributed by atoms with Crippen LogP contribution in [0.3, 0.4) is 0 Å². The lowest BCUT2D eigenvalue weighted by molar-refractivity contribution is -0.118. The summed E-state index contributed by atoms with van der Waals surface area (Å²) in [5, 5.41) is 9.97. The summed E-state index contributed by atoms with van der Waals surface area (Å²) >= 11 is 0. The van der Waals surface area contributed by atoms with E-state index in [1.165, 1.54) is 0 Å². The number of ether oxygens (including phenoxy) is 3. The van der Waals surface area contributed by atoms with Crippen molar-refractivity contribution in [1.82, 2.24) is 10.2 Å². The zero-order chi connectivity index (χ0) is 21.0. The molecule has 0 atom stereocenters. The minimum atomic E-state index is -0.293. The van der Waals surface area contributed by atoms with Gasteiger partial charge in [0.15, 0.2) is 23.9 Å². The second kappa shape index (κ2) is 8.68. The predicted octanol–water partition coefficient (Wildman–Crippen LogP) is 4.04. The Kier molecular flexibility index (Phi) is 6.07. The molecule has 152 valence electrons. The van der Waals surface area contributed by atoms with Gasteiger partial charge in [0.25, 0.3) is 5.91 Å². The Morgan fingerprint density at radius 3 is 2.41 bits per heavy atom. The van der Waals surface area contributed by atoms with Gasteiger partial charge in [-0.2, -0.15) is 5.10 Å². The molecule has 29 heavy (non-hydrogen) atoms. The van der Waals surface area contributed by atoms with Crippen LogP contribution in [0.5, 0.6) is 17.2 Å². The number of carbonyl (C=O) groups excluding carboxylic acids is 1. The number of hydrogen-bond donors (Lipinski definition) is 2. The Hall–Kier alpha value is -3.48. The molecule has 3 rings (SSSR count). The number of aromatic nitrogens is 2. The minimum absolute atomic E-state index is 0.110. The lowest BCUT2D eigenvalue weighted by atomic mass is 10.0. The van der Waals surface area contributed by atoms with Gasteiger partial charge in [0.1, 0.15) is 5.75 Å². The quantitative estimate of drug-likeness (QED) is 0.631. The average molecular weight is 395 g/mol. The largest absolute Gasteiger partial charge is 0.493 e. The monoisotopic (exact) mass is 395 g/mol. The van der Waals surface area contributed by atoms with Gasteiger partial charge >= 0.3 is 0 Å². The Morgan fingerprint density at radius 1 is 1.00 bits per heavy atom. The fourth-order valence-corrected chi connectivity index (χ4v) is 3.14. The first-order valence-electron chi connectivity index (χ1n) is 9.20. The molecule has 0 unspecified atom stereocenters. The van der Waals surface area contributed by atoms with E-state index in [1.54, 1.807) is 14.2 Å². The third-order valence-corrected chi connectivity index (χ3v) is 4.57. The van der Waals surface area contributed by atoms with Gasteiger partial charge in [-0.25, -0.2) is 0 Å². The van der Waals surface area contributed by atoms with Crippen LogP contribution in [0.4, 0.5) is 5.82 Å². The van der Waals surface area contributed by atoms with Crippen LogP contribution in [-0.2, 0) is 4.79 Å². The summed E-state index contributed by atoms with van der Waals surface area (Å²) < 4.78 is 16.3. The highest BCUT2D eigenvalue weighted by Gasteiger charge is 2.17. The van der Waals surface area contributed by atoms with Gasteiger partial charge in [0.05, 0.1) is 14.2 Å². The van der Waals surface area contributed by atoms with Crippen molar-refractivity contribution in [2.75, 3.05) is 26.1 Å². The fourth-order valence-electron chi connectivity index (χ4n) is 3.14. The molecular formula is C22H25N3O4. The molecule has 0 fully saturated rings. The number of anilines is 1. The second-order valence-electron chi connectivity index (χ2n) is 6.75. The van der Waals surface area contributed by atoms with Gasteiger partial charge in [0.2, 0.25) is 0 Å². The molecule has 1 amide bonds. The summed E-state index contributed by atoms with van der Waals surface area (Å²) in [7, 11) is 3.17. The maximum absolute atomic E-state index is 12.4. The summed E-state index contributed by atoms with van der Waals surface area (Å²) in [6.07, 6.45) is 0. The van der Waals surface area contributed by atoms with Crippen molar-refractivity contribution in [2.24, 2.45) is 0 Å². The summed E-state index contributed by atoms with van der Waals surface area (Å²) in [6.45, 7) is 5.74.